The number of aliphatic hydroxyl groups excluding tert-OH is 1. The summed E-state index contributed by atoms with van der Waals surface area (Å²) in [6.07, 6.45) is 3.65. The molecule has 0 spiro atoms. The summed E-state index contributed by atoms with van der Waals surface area (Å²) < 4.78 is 10.8. The maximum Gasteiger partial charge on any atom is 0.407 e. The third-order valence-corrected chi connectivity index (χ3v) is 4.98. The minimum absolute atomic E-state index is 0.00687. The topological polar surface area (TPSA) is 71.0 Å². The molecule has 2 saturated carbocycles. The second kappa shape index (κ2) is 6.95. The Kier molecular flexibility index (Phi) is 5.59. The molecule has 3 atom stereocenters. The monoisotopic (exact) mass is 328 g/mol. The fourth-order valence-corrected chi connectivity index (χ4v) is 3.54. The zero-order valence-corrected chi connectivity index (χ0v) is 15.1. The molecule has 23 heavy (non-hydrogen) atoms. The van der Waals surface area contributed by atoms with Crippen LogP contribution in [-0.2, 0) is 9.47 Å². The Hall–Kier alpha value is -0.850. The molecule has 2 fully saturated rings. The van der Waals surface area contributed by atoms with Gasteiger partial charge in [0.25, 0.3) is 0 Å². The van der Waals surface area contributed by atoms with E-state index in [4.69, 9.17) is 9.47 Å². The molecule has 0 aliphatic heterocycles. The molecule has 3 unspecified atom stereocenters. The van der Waals surface area contributed by atoms with Gasteiger partial charge in [-0.05, 0) is 59.9 Å². The van der Waals surface area contributed by atoms with Crippen molar-refractivity contribution < 1.29 is 19.4 Å². The molecule has 0 aromatic carbocycles. The number of ether oxygens (including phenoxy) is 2. The van der Waals surface area contributed by atoms with E-state index in [2.05, 4.69) is 17.3 Å². The summed E-state index contributed by atoms with van der Waals surface area (Å²) in [4.78, 5) is 14.4. The second-order valence-electron chi connectivity index (χ2n) is 8.06. The molecule has 6 heteroatoms. The third kappa shape index (κ3) is 4.81. The molecule has 2 N–H and O–H groups in total. The molecule has 0 aromatic rings. The van der Waals surface area contributed by atoms with Gasteiger partial charge in [-0.15, -0.1) is 0 Å². The number of methoxy groups -OCH3 is 1. The zero-order valence-electron chi connectivity index (χ0n) is 15.1. The Morgan fingerprint density at radius 3 is 2.52 bits per heavy atom. The number of hydrogen-bond donors (Lipinski definition) is 2. The van der Waals surface area contributed by atoms with Gasteiger partial charge in [-0.1, -0.05) is 0 Å². The largest absolute Gasteiger partial charge is 0.444 e. The van der Waals surface area contributed by atoms with E-state index < -0.39 is 5.60 Å². The third-order valence-electron chi connectivity index (χ3n) is 4.98. The Balaban J connectivity index is 2.03. The van der Waals surface area contributed by atoms with Crippen molar-refractivity contribution in [1.82, 2.24) is 10.2 Å². The first-order chi connectivity index (χ1) is 10.7. The highest BCUT2D eigenvalue weighted by atomic mass is 16.6. The molecule has 2 aliphatic rings. The Morgan fingerprint density at radius 2 is 2.00 bits per heavy atom. The standard InChI is InChI=1S/C17H32N2O4/c1-16(2,3)23-15(21)18-13-7-6-12(20)10-14(13)19(4)17(8-9-17)11-22-5/h12-14,20H,6-11H2,1-5H3,(H,18,21). The van der Waals surface area contributed by atoms with Crippen molar-refractivity contribution in [3.63, 3.8) is 0 Å². The minimum atomic E-state index is -0.507. The Bertz CT molecular complexity index is 417. The van der Waals surface area contributed by atoms with Gasteiger partial charge in [-0.3, -0.25) is 4.90 Å². The zero-order chi connectivity index (χ0) is 17.3. The van der Waals surface area contributed by atoms with E-state index in [9.17, 15) is 9.90 Å². The predicted octanol–water partition coefficient (Wildman–Crippen LogP) is 1.90. The number of alkyl carbamates (subject to hydrolysis) is 1. The number of likely N-dealkylation sites (N-methyl/N-ethyl adjacent to an activating group) is 1. The van der Waals surface area contributed by atoms with Crippen LogP contribution in [-0.4, -0.2) is 66.2 Å². The van der Waals surface area contributed by atoms with Gasteiger partial charge in [-0.2, -0.15) is 0 Å². The van der Waals surface area contributed by atoms with Gasteiger partial charge in [0.15, 0.2) is 0 Å². The van der Waals surface area contributed by atoms with Crippen LogP contribution in [0.1, 0.15) is 52.9 Å². The Labute approximate surface area is 139 Å². The van der Waals surface area contributed by atoms with E-state index in [1.54, 1.807) is 7.11 Å². The van der Waals surface area contributed by atoms with E-state index in [1.165, 1.54) is 0 Å². The van der Waals surface area contributed by atoms with Crippen molar-refractivity contribution in [3.8, 4) is 0 Å². The fourth-order valence-electron chi connectivity index (χ4n) is 3.54. The van der Waals surface area contributed by atoms with Crippen LogP contribution < -0.4 is 5.32 Å². The lowest BCUT2D eigenvalue weighted by Crippen LogP contribution is -2.58. The van der Waals surface area contributed by atoms with Crippen LogP contribution in [0.15, 0.2) is 0 Å². The maximum atomic E-state index is 12.1. The molecule has 1 amide bonds. The van der Waals surface area contributed by atoms with Crippen molar-refractivity contribution in [1.29, 1.82) is 0 Å². The van der Waals surface area contributed by atoms with Crippen LogP contribution in [0.25, 0.3) is 0 Å². The molecular formula is C17H32N2O4. The van der Waals surface area contributed by atoms with Crippen LogP contribution in [0.5, 0.6) is 0 Å². The van der Waals surface area contributed by atoms with E-state index in [-0.39, 0.29) is 29.8 Å². The molecular weight excluding hydrogens is 296 g/mol. The van der Waals surface area contributed by atoms with Crippen molar-refractivity contribution in [2.75, 3.05) is 20.8 Å². The minimum Gasteiger partial charge on any atom is -0.444 e. The molecule has 0 bridgehead atoms. The normalized spacial score (nSPS) is 30.1. The first kappa shape index (κ1) is 18.5. The summed E-state index contributed by atoms with van der Waals surface area (Å²) in [7, 11) is 3.80. The van der Waals surface area contributed by atoms with Gasteiger partial charge in [0.2, 0.25) is 0 Å². The lowest BCUT2D eigenvalue weighted by Gasteiger charge is -2.43. The lowest BCUT2D eigenvalue weighted by atomic mass is 9.86. The van der Waals surface area contributed by atoms with Gasteiger partial charge in [0, 0.05) is 24.7 Å². The van der Waals surface area contributed by atoms with Crippen LogP contribution in [0.3, 0.4) is 0 Å². The molecule has 0 aromatic heterocycles. The van der Waals surface area contributed by atoms with Gasteiger partial charge < -0.3 is 19.9 Å². The molecule has 0 heterocycles. The van der Waals surface area contributed by atoms with Crippen molar-refractivity contribution in [2.24, 2.45) is 0 Å². The van der Waals surface area contributed by atoms with Crippen LogP contribution in [0.2, 0.25) is 0 Å². The van der Waals surface area contributed by atoms with Crippen LogP contribution in [0.4, 0.5) is 4.79 Å². The van der Waals surface area contributed by atoms with Crippen molar-refractivity contribution in [3.05, 3.63) is 0 Å². The average molecular weight is 328 g/mol. The highest BCUT2D eigenvalue weighted by Crippen LogP contribution is 2.44. The summed E-state index contributed by atoms with van der Waals surface area (Å²) in [5.41, 5.74) is -0.447. The number of carbonyl (C=O) groups excluding carboxylic acids is 1. The smallest absolute Gasteiger partial charge is 0.407 e. The molecule has 0 saturated heterocycles. The molecule has 6 nitrogen and oxygen atoms in total. The number of rotatable bonds is 5. The van der Waals surface area contributed by atoms with Crippen LogP contribution >= 0.6 is 0 Å². The number of hydrogen-bond acceptors (Lipinski definition) is 5. The summed E-state index contributed by atoms with van der Waals surface area (Å²) in [6.45, 7) is 6.27. The van der Waals surface area contributed by atoms with E-state index in [0.29, 0.717) is 19.4 Å². The number of amides is 1. The summed E-state index contributed by atoms with van der Waals surface area (Å²) in [5.74, 6) is 0. The van der Waals surface area contributed by atoms with Gasteiger partial charge in [0.1, 0.15) is 5.60 Å². The van der Waals surface area contributed by atoms with Gasteiger partial charge >= 0.3 is 6.09 Å². The lowest BCUT2D eigenvalue weighted by molar-refractivity contribution is -0.00188. The molecule has 2 rings (SSSR count). The summed E-state index contributed by atoms with van der Waals surface area (Å²) in [6, 6.07) is 0.0940. The predicted molar refractivity (Wildman–Crippen MR) is 88.4 cm³/mol. The van der Waals surface area contributed by atoms with Gasteiger partial charge in [-0.25, -0.2) is 4.79 Å². The first-order valence-corrected chi connectivity index (χ1v) is 8.56. The fraction of sp³-hybridized carbons (Fsp3) is 0.941. The number of nitrogens with zero attached hydrogens (tertiary/aromatic N) is 1. The second-order valence-corrected chi connectivity index (χ2v) is 8.06. The van der Waals surface area contributed by atoms with E-state index >= 15 is 0 Å². The molecule has 0 radical (unpaired) electrons. The highest BCUT2D eigenvalue weighted by molar-refractivity contribution is 5.68. The van der Waals surface area contributed by atoms with Crippen molar-refractivity contribution in [2.45, 2.75) is 82.2 Å². The van der Waals surface area contributed by atoms with Crippen molar-refractivity contribution >= 4 is 6.09 Å². The summed E-state index contributed by atoms with van der Waals surface area (Å²) >= 11 is 0. The number of carbonyl (C=O) groups is 1. The Morgan fingerprint density at radius 1 is 1.35 bits per heavy atom. The average Bonchev–Trinajstić information content (AvgIpc) is 3.19. The van der Waals surface area contributed by atoms with Gasteiger partial charge in [0.05, 0.1) is 12.7 Å². The molecule has 2 aliphatic carbocycles. The van der Waals surface area contributed by atoms with E-state index in [0.717, 1.165) is 19.3 Å². The van der Waals surface area contributed by atoms with E-state index in [1.807, 2.05) is 20.8 Å². The number of aliphatic hydroxyl groups is 1. The molecule has 134 valence electrons. The summed E-state index contributed by atoms with van der Waals surface area (Å²) in [5, 5.41) is 13.1. The quantitative estimate of drug-likeness (QED) is 0.806. The number of nitrogens with one attached hydrogen (secondary N) is 1. The first-order valence-electron chi connectivity index (χ1n) is 8.56. The van der Waals surface area contributed by atoms with Crippen LogP contribution in [0, 0.1) is 0 Å². The maximum absolute atomic E-state index is 12.1. The SMILES string of the molecule is COCC1(N(C)C2CC(O)CCC2NC(=O)OC(C)(C)C)CC1. The highest BCUT2D eigenvalue weighted by Gasteiger charge is 2.51.